The van der Waals surface area contributed by atoms with Crippen LogP contribution < -0.4 is 4.74 Å². The second-order valence-electron chi connectivity index (χ2n) is 8.29. The lowest BCUT2D eigenvalue weighted by Crippen LogP contribution is -2.19. The van der Waals surface area contributed by atoms with Gasteiger partial charge in [0.15, 0.2) is 0 Å². The number of carbonyl (C=O) groups is 1. The molecule has 0 fully saturated rings. The van der Waals surface area contributed by atoms with Crippen molar-refractivity contribution in [1.82, 2.24) is 4.98 Å². The lowest BCUT2D eigenvalue weighted by Gasteiger charge is -2.19. The predicted molar refractivity (Wildman–Crippen MR) is 120 cm³/mol. The van der Waals surface area contributed by atoms with Gasteiger partial charge < -0.3 is 14.3 Å². The molecule has 0 saturated heterocycles. The summed E-state index contributed by atoms with van der Waals surface area (Å²) < 4.78 is 11.9. The summed E-state index contributed by atoms with van der Waals surface area (Å²) >= 11 is 0. The van der Waals surface area contributed by atoms with Crippen molar-refractivity contribution in [2.24, 2.45) is 5.92 Å². The van der Waals surface area contributed by atoms with E-state index in [9.17, 15) is 9.90 Å². The first-order chi connectivity index (χ1) is 15.0. The van der Waals surface area contributed by atoms with Crippen LogP contribution in [0.4, 0.5) is 0 Å². The number of aromatic nitrogens is 1. The molecule has 2 atom stereocenters. The Kier molecular flexibility index (Phi) is 6.12. The molecule has 4 rings (SSSR count). The van der Waals surface area contributed by atoms with Crippen molar-refractivity contribution in [1.29, 1.82) is 0 Å². The van der Waals surface area contributed by atoms with E-state index >= 15 is 0 Å². The molecule has 0 amide bonds. The van der Waals surface area contributed by atoms with Gasteiger partial charge >= 0.3 is 5.97 Å². The van der Waals surface area contributed by atoms with Crippen molar-refractivity contribution >= 4 is 5.97 Å². The van der Waals surface area contributed by atoms with E-state index in [1.165, 1.54) is 5.56 Å². The summed E-state index contributed by atoms with van der Waals surface area (Å²) in [6, 6.07) is 14.1. The molecule has 1 heterocycles. The van der Waals surface area contributed by atoms with E-state index in [-0.39, 0.29) is 11.8 Å². The summed E-state index contributed by atoms with van der Waals surface area (Å²) in [6.07, 6.45) is 3.11. The van der Waals surface area contributed by atoms with Crippen molar-refractivity contribution in [3.63, 3.8) is 0 Å². The van der Waals surface area contributed by atoms with Crippen LogP contribution in [0.5, 0.6) is 5.75 Å². The standard InChI is InChI=1S/C26H29NO4/c1-4-20(26(28)29)23-11-9-18-15-19(10-12-22(18)23)30-14-13-24-17(3)31-25(27-24)21-8-6-5-7-16(21)2/h5-8,10,12,15,20,23H,4,9,11,13-14H2,1-3H3,(H,28,29). The van der Waals surface area contributed by atoms with Crippen molar-refractivity contribution in [2.45, 2.75) is 52.4 Å². The topological polar surface area (TPSA) is 72.6 Å². The van der Waals surface area contributed by atoms with Gasteiger partial charge in [-0.15, -0.1) is 0 Å². The maximum Gasteiger partial charge on any atom is 0.307 e. The number of nitrogens with zero attached hydrogens (tertiary/aromatic N) is 1. The molecule has 0 aliphatic heterocycles. The van der Waals surface area contributed by atoms with Gasteiger partial charge in [0.2, 0.25) is 5.89 Å². The molecular weight excluding hydrogens is 390 g/mol. The van der Waals surface area contributed by atoms with E-state index in [0.29, 0.717) is 25.3 Å². The Labute approximate surface area is 183 Å². The largest absolute Gasteiger partial charge is 0.493 e. The summed E-state index contributed by atoms with van der Waals surface area (Å²) in [5, 5.41) is 9.51. The predicted octanol–water partition coefficient (Wildman–Crippen LogP) is 5.72. The zero-order valence-electron chi connectivity index (χ0n) is 18.4. The van der Waals surface area contributed by atoms with Crippen LogP contribution in [-0.2, 0) is 17.6 Å². The Morgan fingerprint density at radius 3 is 2.81 bits per heavy atom. The van der Waals surface area contributed by atoms with E-state index in [4.69, 9.17) is 9.15 Å². The minimum absolute atomic E-state index is 0.101. The van der Waals surface area contributed by atoms with Crippen LogP contribution in [0, 0.1) is 19.8 Å². The molecule has 5 heteroatoms. The van der Waals surface area contributed by atoms with Crippen molar-refractivity contribution in [3.8, 4) is 17.2 Å². The van der Waals surface area contributed by atoms with E-state index in [1.54, 1.807) is 0 Å². The smallest absolute Gasteiger partial charge is 0.307 e. The highest BCUT2D eigenvalue weighted by Gasteiger charge is 2.33. The van der Waals surface area contributed by atoms with E-state index < -0.39 is 5.97 Å². The molecule has 1 aliphatic carbocycles. The summed E-state index contributed by atoms with van der Waals surface area (Å²) in [5.74, 6) is 1.38. The quantitative estimate of drug-likeness (QED) is 0.505. The lowest BCUT2D eigenvalue weighted by atomic mass is 9.85. The molecule has 3 aromatic rings. The molecule has 0 saturated carbocycles. The average molecular weight is 420 g/mol. The molecule has 2 unspecified atom stereocenters. The third-order valence-electron chi connectivity index (χ3n) is 6.36. The van der Waals surface area contributed by atoms with Crippen LogP contribution in [-0.4, -0.2) is 22.7 Å². The molecule has 5 nitrogen and oxygen atoms in total. The molecule has 31 heavy (non-hydrogen) atoms. The van der Waals surface area contributed by atoms with Crippen molar-refractivity contribution < 1.29 is 19.1 Å². The summed E-state index contributed by atoms with van der Waals surface area (Å²) in [7, 11) is 0. The van der Waals surface area contributed by atoms with Gasteiger partial charge in [-0.3, -0.25) is 4.79 Å². The number of hydrogen-bond donors (Lipinski definition) is 1. The fourth-order valence-electron chi connectivity index (χ4n) is 4.62. The molecule has 1 aromatic heterocycles. The van der Waals surface area contributed by atoms with E-state index in [0.717, 1.165) is 46.7 Å². The maximum absolute atomic E-state index is 11.6. The second-order valence-corrected chi connectivity index (χ2v) is 8.29. The third-order valence-corrected chi connectivity index (χ3v) is 6.36. The van der Waals surface area contributed by atoms with Crippen LogP contribution in [0.15, 0.2) is 46.9 Å². The van der Waals surface area contributed by atoms with Crippen LogP contribution in [0.25, 0.3) is 11.5 Å². The number of ether oxygens (including phenoxy) is 1. The second kappa shape index (κ2) is 8.96. The number of hydrogen-bond acceptors (Lipinski definition) is 4. The summed E-state index contributed by atoms with van der Waals surface area (Å²) in [4.78, 5) is 16.3. The number of benzene rings is 2. The molecular formula is C26H29NO4. The highest BCUT2D eigenvalue weighted by Crippen LogP contribution is 2.41. The molecule has 1 aliphatic rings. The zero-order valence-corrected chi connectivity index (χ0v) is 18.4. The summed E-state index contributed by atoms with van der Waals surface area (Å²) in [6.45, 7) is 6.45. The zero-order chi connectivity index (χ0) is 22.0. The first-order valence-corrected chi connectivity index (χ1v) is 11.0. The minimum Gasteiger partial charge on any atom is -0.493 e. The van der Waals surface area contributed by atoms with Gasteiger partial charge in [-0.05, 0) is 73.9 Å². The Morgan fingerprint density at radius 2 is 2.06 bits per heavy atom. The fraction of sp³-hybridized carbons (Fsp3) is 0.385. The number of carboxylic acid groups (broad SMARTS) is 1. The van der Waals surface area contributed by atoms with Gasteiger partial charge in [0.1, 0.15) is 11.5 Å². The molecule has 1 N–H and O–H groups in total. The molecule has 0 radical (unpaired) electrons. The first-order valence-electron chi connectivity index (χ1n) is 11.0. The third kappa shape index (κ3) is 4.36. The normalized spacial score (nSPS) is 16.2. The number of aryl methyl sites for hydroxylation is 3. The van der Waals surface area contributed by atoms with Gasteiger partial charge in [-0.25, -0.2) is 4.98 Å². The van der Waals surface area contributed by atoms with Gasteiger partial charge in [0.05, 0.1) is 18.2 Å². The Hall–Kier alpha value is -3.08. The highest BCUT2D eigenvalue weighted by atomic mass is 16.5. The highest BCUT2D eigenvalue weighted by molar-refractivity contribution is 5.72. The minimum atomic E-state index is -0.700. The van der Waals surface area contributed by atoms with Crippen LogP contribution in [0.3, 0.4) is 0 Å². The lowest BCUT2D eigenvalue weighted by molar-refractivity contribution is -0.142. The van der Waals surface area contributed by atoms with E-state index in [1.807, 2.05) is 44.2 Å². The van der Waals surface area contributed by atoms with Gasteiger partial charge in [-0.2, -0.15) is 0 Å². The Balaban J connectivity index is 1.40. The number of fused-ring (bicyclic) bond motifs is 1. The number of aliphatic carboxylic acids is 1. The van der Waals surface area contributed by atoms with Crippen LogP contribution in [0.1, 0.15) is 53.8 Å². The SMILES string of the molecule is CCC(C(=O)O)C1CCc2cc(OCCc3nc(-c4ccccc4C)oc3C)ccc21. The maximum atomic E-state index is 11.6. The van der Waals surface area contributed by atoms with Crippen LogP contribution >= 0.6 is 0 Å². The number of carboxylic acids is 1. The molecule has 162 valence electrons. The van der Waals surface area contributed by atoms with E-state index in [2.05, 4.69) is 24.0 Å². The van der Waals surface area contributed by atoms with Crippen molar-refractivity contribution in [2.75, 3.05) is 6.61 Å². The molecule has 2 aromatic carbocycles. The fourth-order valence-corrected chi connectivity index (χ4v) is 4.62. The Morgan fingerprint density at radius 1 is 1.26 bits per heavy atom. The average Bonchev–Trinajstić information content (AvgIpc) is 3.32. The van der Waals surface area contributed by atoms with Gasteiger partial charge in [0.25, 0.3) is 0 Å². The number of rotatable bonds is 8. The number of oxazole rings is 1. The Bertz CT molecular complexity index is 1080. The monoisotopic (exact) mass is 419 g/mol. The van der Waals surface area contributed by atoms with Crippen LogP contribution in [0.2, 0.25) is 0 Å². The summed E-state index contributed by atoms with van der Waals surface area (Å²) in [5.41, 5.74) is 5.43. The first kappa shape index (κ1) is 21.2. The van der Waals surface area contributed by atoms with Gasteiger partial charge in [-0.1, -0.05) is 31.2 Å². The van der Waals surface area contributed by atoms with Crippen molar-refractivity contribution in [3.05, 3.63) is 70.6 Å². The molecule has 0 bridgehead atoms. The van der Waals surface area contributed by atoms with Gasteiger partial charge in [0, 0.05) is 12.0 Å². The molecule has 0 spiro atoms.